The lowest BCUT2D eigenvalue weighted by molar-refractivity contribution is -0.125. The minimum atomic E-state index is -0.239. The molecule has 0 radical (unpaired) electrons. The first kappa shape index (κ1) is 17.3. The van der Waals surface area contributed by atoms with Crippen LogP contribution in [0.1, 0.15) is 36.3 Å². The standard InChI is InChI=1S/C23H24N2O3/c26-22-10-9-15-13-25(12-11-21(15)24-22)23(27)28-14-20-18-7-3-1-5-16(18)17-6-2-4-8-19(17)20/h1-8,15,20-21H,9-14H2,(H,24,26). The van der Waals surface area contributed by atoms with E-state index >= 15 is 0 Å². The van der Waals surface area contributed by atoms with Crippen molar-refractivity contribution in [1.29, 1.82) is 0 Å². The quantitative estimate of drug-likeness (QED) is 0.872. The van der Waals surface area contributed by atoms with Crippen LogP contribution >= 0.6 is 0 Å². The third kappa shape index (κ3) is 2.95. The molecule has 3 aliphatic rings. The summed E-state index contributed by atoms with van der Waals surface area (Å²) in [5.41, 5.74) is 4.92. The molecule has 0 spiro atoms. The number of piperidine rings is 2. The highest BCUT2D eigenvalue weighted by Gasteiger charge is 2.36. The van der Waals surface area contributed by atoms with Crippen molar-refractivity contribution in [1.82, 2.24) is 10.2 Å². The highest BCUT2D eigenvalue weighted by atomic mass is 16.6. The Bertz CT molecular complexity index is 880. The number of hydrogen-bond acceptors (Lipinski definition) is 3. The highest BCUT2D eigenvalue weighted by Crippen LogP contribution is 2.44. The number of carbonyl (C=O) groups is 2. The topological polar surface area (TPSA) is 58.6 Å². The molecule has 28 heavy (non-hydrogen) atoms. The van der Waals surface area contributed by atoms with Crippen LogP contribution in [0.25, 0.3) is 11.1 Å². The van der Waals surface area contributed by atoms with Crippen molar-refractivity contribution < 1.29 is 14.3 Å². The van der Waals surface area contributed by atoms with E-state index in [2.05, 4.69) is 41.7 Å². The number of fused-ring (bicyclic) bond motifs is 4. The Morgan fingerprint density at radius 3 is 2.43 bits per heavy atom. The van der Waals surface area contributed by atoms with Crippen molar-refractivity contribution in [3.63, 3.8) is 0 Å². The van der Waals surface area contributed by atoms with E-state index in [0.717, 1.165) is 12.8 Å². The van der Waals surface area contributed by atoms with E-state index in [1.54, 1.807) is 0 Å². The molecule has 2 aliphatic heterocycles. The van der Waals surface area contributed by atoms with Crippen molar-refractivity contribution in [2.24, 2.45) is 5.92 Å². The number of nitrogens with zero attached hydrogens (tertiary/aromatic N) is 1. The molecule has 0 bridgehead atoms. The van der Waals surface area contributed by atoms with E-state index in [4.69, 9.17) is 4.74 Å². The fraction of sp³-hybridized carbons (Fsp3) is 0.391. The molecule has 2 atom stereocenters. The van der Waals surface area contributed by atoms with E-state index in [1.165, 1.54) is 22.3 Å². The van der Waals surface area contributed by atoms with Gasteiger partial charge in [-0.25, -0.2) is 4.79 Å². The van der Waals surface area contributed by atoms with Crippen LogP contribution in [0.5, 0.6) is 0 Å². The van der Waals surface area contributed by atoms with Crippen LogP contribution in [-0.4, -0.2) is 42.6 Å². The van der Waals surface area contributed by atoms with Gasteiger partial charge in [0.1, 0.15) is 6.61 Å². The summed E-state index contributed by atoms with van der Waals surface area (Å²) in [6.07, 6.45) is 1.97. The monoisotopic (exact) mass is 376 g/mol. The summed E-state index contributed by atoms with van der Waals surface area (Å²) in [5.74, 6) is 0.561. The molecule has 2 aromatic rings. The third-order valence-electron chi connectivity index (χ3n) is 6.42. The number of rotatable bonds is 2. The van der Waals surface area contributed by atoms with Gasteiger partial charge < -0.3 is 15.0 Å². The lowest BCUT2D eigenvalue weighted by Gasteiger charge is -2.40. The molecule has 2 heterocycles. The second kappa shape index (κ2) is 6.97. The van der Waals surface area contributed by atoms with Crippen LogP contribution < -0.4 is 5.32 Å². The average Bonchev–Trinajstić information content (AvgIpc) is 3.05. The van der Waals surface area contributed by atoms with E-state index < -0.39 is 0 Å². The molecular formula is C23H24N2O3. The largest absolute Gasteiger partial charge is 0.448 e. The number of amides is 2. The summed E-state index contributed by atoms with van der Waals surface area (Å²) in [6.45, 7) is 1.66. The molecule has 2 saturated heterocycles. The zero-order chi connectivity index (χ0) is 19.1. The van der Waals surface area contributed by atoms with Crippen LogP contribution in [0.4, 0.5) is 4.79 Å². The number of nitrogens with one attached hydrogen (secondary N) is 1. The van der Waals surface area contributed by atoms with Crippen molar-refractivity contribution in [2.45, 2.75) is 31.2 Å². The van der Waals surface area contributed by atoms with Crippen LogP contribution in [0, 0.1) is 5.92 Å². The van der Waals surface area contributed by atoms with Gasteiger partial charge in [0.25, 0.3) is 0 Å². The first-order valence-electron chi connectivity index (χ1n) is 10.1. The molecule has 2 amide bonds. The van der Waals surface area contributed by atoms with Crippen LogP contribution in [0.2, 0.25) is 0 Å². The molecule has 1 N–H and O–H groups in total. The smallest absolute Gasteiger partial charge is 0.409 e. The molecule has 5 rings (SSSR count). The highest BCUT2D eigenvalue weighted by molar-refractivity contribution is 5.79. The van der Waals surface area contributed by atoms with E-state index in [1.807, 2.05) is 17.0 Å². The maximum atomic E-state index is 12.7. The van der Waals surface area contributed by atoms with Crippen LogP contribution in [0.3, 0.4) is 0 Å². The molecule has 2 aromatic carbocycles. The summed E-state index contributed by atoms with van der Waals surface area (Å²) in [6, 6.07) is 16.9. The molecule has 5 heteroatoms. The second-order valence-corrected chi connectivity index (χ2v) is 8.01. The zero-order valence-electron chi connectivity index (χ0n) is 15.8. The zero-order valence-corrected chi connectivity index (χ0v) is 15.8. The predicted molar refractivity (Wildman–Crippen MR) is 106 cm³/mol. The lowest BCUT2D eigenvalue weighted by Crippen LogP contribution is -2.55. The first-order chi connectivity index (χ1) is 13.7. The summed E-state index contributed by atoms with van der Waals surface area (Å²) >= 11 is 0. The molecule has 2 fully saturated rings. The van der Waals surface area contributed by atoms with Gasteiger partial charge in [0, 0.05) is 31.5 Å². The Labute approximate surface area is 164 Å². The number of carbonyl (C=O) groups excluding carboxylic acids is 2. The van der Waals surface area contributed by atoms with Crippen LogP contribution in [0.15, 0.2) is 48.5 Å². The number of ether oxygens (including phenoxy) is 1. The summed E-state index contributed by atoms with van der Waals surface area (Å²) in [7, 11) is 0. The maximum Gasteiger partial charge on any atom is 0.409 e. The Morgan fingerprint density at radius 2 is 1.71 bits per heavy atom. The van der Waals surface area contributed by atoms with Crippen molar-refractivity contribution >= 4 is 12.0 Å². The van der Waals surface area contributed by atoms with E-state index in [9.17, 15) is 9.59 Å². The molecule has 0 saturated carbocycles. The van der Waals surface area contributed by atoms with Gasteiger partial charge in [0.15, 0.2) is 0 Å². The second-order valence-electron chi connectivity index (χ2n) is 8.01. The van der Waals surface area contributed by atoms with E-state index in [-0.39, 0.29) is 24.0 Å². The minimum absolute atomic E-state index is 0.0860. The number of benzene rings is 2. The average molecular weight is 376 g/mol. The van der Waals surface area contributed by atoms with E-state index in [0.29, 0.717) is 32.0 Å². The summed E-state index contributed by atoms with van der Waals surface area (Å²) in [4.78, 5) is 26.1. The Kier molecular flexibility index (Phi) is 4.30. The first-order valence-corrected chi connectivity index (χ1v) is 10.1. The molecule has 1 aliphatic carbocycles. The number of likely N-dealkylation sites (tertiary alicyclic amines) is 1. The van der Waals surface area contributed by atoms with Gasteiger partial charge in [0.2, 0.25) is 5.91 Å². The lowest BCUT2D eigenvalue weighted by atomic mass is 9.85. The molecule has 144 valence electrons. The van der Waals surface area contributed by atoms with Crippen molar-refractivity contribution in [3.05, 3.63) is 59.7 Å². The maximum absolute atomic E-state index is 12.7. The van der Waals surface area contributed by atoms with Crippen molar-refractivity contribution in [2.75, 3.05) is 19.7 Å². The van der Waals surface area contributed by atoms with Crippen LogP contribution in [-0.2, 0) is 9.53 Å². The van der Waals surface area contributed by atoms with Gasteiger partial charge in [-0.1, -0.05) is 48.5 Å². The van der Waals surface area contributed by atoms with Crippen molar-refractivity contribution in [3.8, 4) is 11.1 Å². The van der Waals surface area contributed by atoms with Gasteiger partial charge in [0.05, 0.1) is 0 Å². The SMILES string of the molecule is O=C1CCC2CN(C(=O)OCC3c4ccccc4-c4ccccc43)CCC2N1. The number of hydrogen-bond donors (Lipinski definition) is 1. The fourth-order valence-electron chi connectivity index (χ4n) is 4.96. The van der Waals surface area contributed by atoms with Gasteiger partial charge in [-0.05, 0) is 41.0 Å². The normalized spacial score (nSPS) is 23.4. The minimum Gasteiger partial charge on any atom is -0.448 e. The summed E-state index contributed by atoms with van der Waals surface area (Å²) < 4.78 is 5.78. The van der Waals surface area contributed by atoms with Gasteiger partial charge in [-0.2, -0.15) is 0 Å². The van der Waals surface area contributed by atoms with Gasteiger partial charge in [-0.3, -0.25) is 4.79 Å². The molecule has 5 nitrogen and oxygen atoms in total. The van der Waals surface area contributed by atoms with Gasteiger partial charge in [-0.15, -0.1) is 0 Å². The summed E-state index contributed by atoms with van der Waals surface area (Å²) in [5, 5.41) is 3.06. The van der Waals surface area contributed by atoms with Gasteiger partial charge >= 0.3 is 6.09 Å². The molecule has 2 unspecified atom stereocenters. The Balaban J connectivity index is 1.27. The molecular weight excluding hydrogens is 352 g/mol. The predicted octanol–water partition coefficient (Wildman–Crippen LogP) is 3.54. The Morgan fingerprint density at radius 1 is 1.04 bits per heavy atom. The fourth-order valence-corrected chi connectivity index (χ4v) is 4.96. The Hall–Kier alpha value is -2.82. The molecule has 0 aromatic heterocycles. The third-order valence-corrected chi connectivity index (χ3v) is 6.42.